The molecule has 0 saturated heterocycles. The first-order valence-corrected chi connectivity index (χ1v) is 9.08. The number of carbonyl (C=O) groups excluding carboxylic acids is 2. The highest BCUT2D eigenvalue weighted by Crippen LogP contribution is 2.13. The van der Waals surface area contributed by atoms with E-state index in [0.29, 0.717) is 5.69 Å². The minimum Gasteiger partial charge on any atom is -0.452 e. The quantitative estimate of drug-likeness (QED) is 0.595. The molecule has 2 aromatic rings. The number of esters is 1. The summed E-state index contributed by atoms with van der Waals surface area (Å²) in [5.41, 5.74) is 0.359. The van der Waals surface area contributed by atoms with Crippen LogP contribution in [0.2, 0.25) is 0 Å². The maximum atomic E-state index is 11.7. The Morgan fingerprint density at radius 1 is 1.21 bits per heavy atom. The van der Waals surface area contributed by atoms with Gasteiger partial charge in [-0.15, -0.1) is 11.3 Å². The number of rotatable bonds is 6. The molecule has 0 aliphatic heterocycles. The fraction of sp³-hybridized carbons (Fsp3) is 0.0667. The number of ether oxygens (including phenoxy) is 1. The van der Waals surface area contributed by atoms with Crippen molar-refractivity contribution < 1.29 is 22.7 Å². The normalized spacial score (nSPS) is 11.4. The molecule has 0 bridgehead atoms. The van der Waals surface area contributed by atoms with E-state index in [0.717, 1.165) is 4.88 Å². The summed E-state index contributed by atoms with van der Waals surface area (Å²) in [6.45, 7) is -0.454. The minimum absolute atomic E-state index is 0.0642. The van der Waals surface area contributed by atoms with E-state index in [2.05, 4.69) is 5.32 Å². The van der Waals surface area contributed by atoms with Crippen molar-refractivity contribution in [1.29, 1.82) is 0 Å². The Hall–Kier alpha value is -2.49. The second-order valence-electron chi connectivity index (χ2n) is 4.57. The minimum atomic E-state index is -3.78. The fourth-order valence-electron chi connectivity index (χ4n) is 1.65. The molecule has 0 atom stereocenters. The number of hydrogen-bond acceptors (Lipinski definition) is 6. The van der Waals surface area contributed by atoms with Crippen LogP contribution in [0.15, 0.2) is 52.7 Å². The van der Waals surface area contributed by atoms with Crippen molar-refractivity contribution in [1.82, 2.24) is 0 Å². The smallest absolute Gasteiger partial charge is 0.331 e. The Morgan fingerprint density at radius 3 is 2.50 bits per heavy atom. The van der Waals surface area contributed by atoms with Gasteiger partial charge in [-0.3, -0.25) is 4.79 Å². The number of hydrogen-bond donors (Lipinski definition) is 2. The Kier molecular flexibility index (Phi) is 5.85. The van der Waals surface area contributed by atoms with E-state index >= 15 is 0 Å². The molecule has 24 heavy (non-hydrogen) atoms. The SMILES string of the molecule is NS(=O)(=O)c1ccc(NC(=O)COC(=O)/C=C/c2cccs2)cc1. The van der Waals surface area contributed by atoms with E-state index in [1.807, 2.05) is 17.5 Å². The van der Waals surface area contributed by atoms with Gasteiger partial charge in [0.25, 0.3) is 5.91 Å². The van der Waals surface area contributed by atoms with Crippen LogP contribution in [0.1, 0.15) is 4.88 Å². The molecule has 0 spiro atoms. The van der Waals surface area contributed by atoms with Crippen LogP contribution < -0.4 is 10.5 Å². The molecule has 0 aliphatic carbocycles. The van der Waals surface area contributed by atoms with Gasteiger partial charge < -0.3 is 10.1 Å². The van der Waals surface area contributed by atoms with Crippen molar-refractivity contribution in [3.63, 3.8) is 0 Å². The summed E-state index contributed by atoms with van der Waals surface area (Å²) >= 11 is 1.47. The number of primary sulfonamides is 1. The summed E-state index contributed by atoms with van der Waals surface area (Å²) in [6, 6.07) is 8.99. The van der Waals surface area contributed by atoms with Gasteiger partial charge in [0.15, 0.2) is 6.61 Å². The predicted octanol–water partition coefficient (Wildman–Crippen LogP) is 1.59. The molecular formula is C15H14N2O5S2. The summed E-state index contributed by atoms with van der Waals surface area (Å²) < 4.78 is 27.0. The van der Waals surface area contributed by atoms with Crippen LogP contribution in [0.25, 0.3) is 6.08 Å². The zero-order valence-electron chi connectivity index (χ0n) is 12.3. The standard InChI is InChI=1S/C15H14N2O5S2/c16-24(20,21)13-6-3-11(4-7-13)17-14(18)10-22-15(19)8-5-12-2-1-9-23-12/h1-9H,10H2,(H,17,18)(H2,16,20,21)/b8-5+. The first-order chi connectivity index (χ1) is 11.3. The maximum absolute atomic E-state index is 11.7. The largest absolute Gasteiger partial charge is 0.452 e. The second kappa shape index (κ2) is 7.86. The first-order valence-electron chi connectivity index (χ1n) is 6.65. The summed E-state index contributed by atoms with van der Waals surface area (Å²) in [5.74, 6) is -1.18. The molecule has 126 valence electrons. The van der Waals surface area contributed by atoms with Crippen molar-refractivity contribution in [2.45, 2.75) is 4.90 Å². The molecule has 1 amide bonds. The zero-order valence-corrected chi connectivity index (χ0v) is 14.0. The van der Waals surface area contributed by atoms with E-state index in [4.69, 9.17) is 9.88 Å². The van der Waals surface area contributed by atoms with Crippen molar-refractivity contribution in [3.8, 4) is 0 Å². The number of nitrogens with two attached hydrogens (primary N) is 1. The van der Waals surface area contributed by atoms with Gasteiger partial charge in [-0.1, -0.05) is 6.07 Å². The van der Waals surface area contributed by atoms with Crippen molar-refractivity contribution in [3.05, 3.63) is 52.7 Å². The van der Waals surface area contributed by atoms with E-state index in [1.165, 1.54) is 41.7 Å². The molecule has 1 heterocycles. The monoisotopic (exact) mass is 366 g/mol. The molecule has 0 fully saturated rings. The highest BCUT2D eigenvalue weighted by Gasteiger charge is 2.09. The van der Waals surface area contributed by atoms with Crippen LogP contribution in [0.3, 0.4) is 0 Å². The summed E-state index contributed by atoms with van der Waals surface area (Å²) in [4.78, 5) is 24.0. The molecule has 2 rings (SSSR count). The first kappa shape index (κ1) is 17.9. The molecule has 0 aliphatic rings. The third kappa shape index (κ3) is 5.61. The Bertz CT molecular complexity index is 840. The maximum Gasteiger partial charge on any atom is 0.331 e. The number of amides is 1. The van der Waals surface area contributed by atoms with Crippen LogP contribution in [-0.2, 0) is 24.3 Å². The fourth-order valence-corrected chi connectivity index (χ4v) is 2.78. The molecule has 9 heteroatoms. The molecule has 3 N–H and O–H groups in total. The molecule has 0 saturated carbocycles. The molecular weight excluding hydrogens is 352 g/mol. The molecule has 7 nitrogen and oxygen atoms in total. The lowest BCUT2D eigenvalue weighted by Gasteiger charge is -2.06. The van der Waals surface area contributed by atoms with Gasteiger partial charge in [-0.2, -0.15) is 0 Å². The summed E-state index contributed by atoms with van der Waals surface area (Å²) in [5, 5.41) is 9.32. The lowest BCUT2D eigenvalue weighted by Crippen LogP contribution is -2.20. The molecule has 0 unspecified atom stereocenters. The van der Waals surface area contributed by atoms with Gasteiger partial charge in [0.1, 0.15) is 0 Å². The number of benzene rings is 1. The van der Waals surface area contributed by atoms with Crippen LogP contribution in [0, 0.1) is 0 Å². The average molecular weight is 366 g/mol. The second-order valence-corrected chi connectivity index (χ2v) is 7.11. The molecule has 1 aromatic heterocycles. The number of sulfonamides is 1. The van der Waals surface area contributed by atoms with Crippen LogP contribution in [-0.4, -0.2) is 26.9 Å². The van der Waals surface area contributed by atoms with E-state index in [-0.39, 0.29) is 4.90 Å². The number of carbonyl (C=O) groups is 2. The summed E-state index contributed by atoms with van der Waals surface area (Å²) in [7, 11) is -3.78. The summed E-state index contributed by atoms with van der Waals surface area (Å²) in [6.07, 6.45) is 2.83. The number of thiophene rings is 1. The molecule has 1 aromatic carbocycles. The van der Waals surface area contributed by atoms with Gasteiger partial charge in [0.05, 0.1) is 4.90 Å². The zero-order chi connectivity index (χ0) is 17.6. The van der Waals surface area contributed by atoms with Gasteiger partial charge in [-0.05, 0) is 41.8 Å². The van der Waals surface area contributed by atoms with Gasteiger partial charge in [0.2, 0.25) is 10.0 Å². The van der Waals surface area contributed by atoms with Crippen molar-refractivity contribution in [2.24, 2.45) is 5.14 Å². The third-order valence-electron chi connectivity index (χ3n) is 2.74. The van der Waals surface area contributed by atoms with Gasteiger partial charge >= 0.3 is 5.97 Å². The highest BCUT2D eigenvalue weighted by atomic mass is 32.2. The van der Waals surface area contributed by atoms with Crippen LogP contribution in [0.4, 0.5) is 5.69 Å². The van der Waals surface area contributed by atoms with Gasteiger partial charge in [0, 0.05) is 16.6 Å². The molecule has 0 radical (unpaired) electrons. The van der Waals surface area contributed by atoms with Crippen molar-refractivity contribution >= 4 is 45.0 Å². The lowest BCUT2D eigenvalue weighted by molar-refractivity contribution is -0.142. The average Bonchev–Trinajstić information content (AvgIpc) is 3.04. The van der Waals surface area contributed by atoms with Gasteiger partial charge in [-0.25, -0.2) is 18.4 Å². The highest BCUT2D eigenvalue weighted by molar-refractivity contribution is 7.89. The number of nitrogens with one attached hydrogen (secondary N) is 1. The van der Waals surface area contributed by atoms with Crippen LogP contribution >= 0.6 is 11.3 Å². The Labute approximate surface area is 142 Å². The van der Waals surface area contributed by atoms with E-state index in [9.17, 15) is 18.0 Å². The topological polar surface area (TPSA) is 116 Å². The third-order valence-corrected chi connectivity index (χ3v) is 4.51. The predicted molar refractivity (Wildman–Crippen MR) is 90.8 cm³/mol. The van der Waals surface area contributed by atoms with Crippen LogP contribution in [0.5, 0.6) is 0 Å². The van der Waals surface area contributed by atoms with Crippen molar-refractivity contribution in [2.75, 3.05) is 11.9 Å². The number of anilines is 1. The Balaban J connectivity index is 1.81. The lowest BCUT2D eigenvalue weighted by atomic mass is 10.3. The van der Waals surface area contributed by atoms with E-state index < -0.39 is 28.5 Å². The Morgan fingerprint density at radius 2 is 1.92 bits per heavy atom. The van der Waals surface area contributed by atoms with E-state index in [1.54, 1.807) is 6.08 Å².